The van der Waals surface area contributed by atoms with Gasteiger partial charge in [-0.2, -0.15) is 0 Å². The molecule has 2 rings (SSSR count). The first kappa shape index (κ1) is 13.0. The van der Waals surface area contributed by atoms with Crippen molar-refractivity contribution in [2.24, 2.45) is 0 Å². The van der Waals surface area contributed by atoms with Crippen LogP contribution >= 0.6 is 22.6 Å². The molecule has 0 amide bonds. The number of hydrogen-bond donors (Lipinski definition) is 1. The van der Waals surface area contributed by atoms with Gasteiger partial charge < -0.3 is 9.72 Å². The van der Waals surface area contributed by atoms with E-state index >= 15 is 0 Å². The first-order valence-electron chi connectivity index (χ1n) is 5.45. The molecule has 0 aliphatic rings. The maximum absolute atomic E-state index is 11.8. The summed E-state index contributed by atoms with van der Waals surface area (Å²) >= 11 is 2.00. The molecule has 6 heteroatoms. The number of aromatic nitrogens is 3. The predicted octanol–water partition coefficient (Wildman–Crippen LogP) is 2.01. The third-order valence-electron chi connectivity index (χ3n) is 2.44. The zero-order valence-electron chi connectivity index (χ0n) is 10.0. The molecule has 2 heterocycles. The Morgan fingerprint density at radius 3 is 2.83 bits per heavy atom. The second-order valence-corrected chi connectivity index (χ2v) is 4.67. The molecule has 0 aliphatic heterocycles. The van der Waals surface area contributed by atoms with E-state index in [1.54, 1.807) is 19.2 Å². The highest BCUT2D eigenvalue weighted by Gasteiger charge is 2.10. The average molecular weight is 357 g/mol. The van der Waals surface area contributed by atoms with Crippen LogP contribution in [0.1, 0.15) is 12.6 Å². The highest BCUT2D eigenvalue weighted by atomic mass is 127. The van der Waals surface area contributed by atoms with Crippen LogP contribution in [0.25, 0.3) is 11.5 Å². The summed E-state index contributed by atoms with van der Waals surface area (Å²) in [4.78, 5) is 23.2. The van der Waals surface area contributed by atoms with Gasteiger partial charge in [-0.25, -0.2) is 9.97 Å². The Kier molecular flexibility index (Phi) is 3.95. The fourth-order valence-corrected chi connectivity index (χ4v) is 2.16. The number of ether oxygens (including phenoxy) is 1. The summed E-state index contributed by atoms with van der Waals surface area (Å²) in [6.07, 6.45) is 0.708. The number of nitrogens with zero attached hydrogens (tertiary/aromatic N) is 2. The second kappa shape index (κ2) is 5.47. The van der Waals surface area contributed by atoms with Crippen molar-refractivity contribution in [3.63, 3.8) is 0 Å². The van der Waals surface area contributed by atoms with Gasteiger partial charge in [-0.1, -0.05) is 13.0 Å². The van der Waals surface area contributed by atoms with E-state index in [1.165, 1.54) is 0 Å². The third kappa shape index (κ3) is 2.53. The molecule has 2 aromatic rings. The number of rotatable bonds is 3. The van der Waals surface area contributed by atoms with Crippen molar-refractivity contribution in [3.8, 4) is 17.4 Å². The zero-order valence-corrected chi connectivity index (χ0v) is 12.2. The molecule has 0 aliphatic carbocycles. The SMILES string of the molecule is CCc1nc(-c2cccc(OC)n2)[nH]c(=O)c1I. The summed E-state index contributed by atoms with van der Waals surface area (Å²) in [7, 11) is 1.55. The standard InChI is InChI=1S/C12H12IN3O2/c1-3-7-10(13)12(17)16-11(15-7)8-5-4-6-9(14-8)18-2/h4-6H,3H2,1-2H3,(H,15,16,17). The highest BCUT2D eigenvalue weighted by molar-refractivity contribution is 14.1. The van der Waals surface area contributed by atoms with Crippen LogP contribution in [0.2, 0.25) is 0 Å². The third-order valence-corrected chi connectivity index (χ3v) is 3.55. The summed E-state index contributed by atoms with van der Waals surface area (Å²) in [5, 5.41) is 0. The molecule has 1 N–H and O–H groups in total. The molecule has 0 aromatic carbocycles. The molecule has 0 saturated carbocycles. The Morgan fingerprint density at radius 2 is 2.17 bits per heavy atom. The van der Waals surface area contributed by atoms with Crippen LogP contribution in [0.5, 0.6) is 5.88 Å². The Bertz CT molecular complexity index is 625. The predicted molar refractivity (Wildman–Crippen MR) is 76.7 cm³/mol. The summed E-state index contributed by atoms with van der Waals surface area (Å²) in [5.74, 6) is 0.961. The van der Waals surface area contributed by atoms with Gasteiger partial charge >= 0.3 is 0 Å². The number of methoxy groups -OCH3 is 1. The van der Waals surface area contributed by atoms with Crippen molar-refractivity contribution in [3.05, 3.63) is 37.8 Å². The number of halogens is 1. The monoisotopic (exact) mass is 357 g/mol. The largest absolute Gasteiger partial charge is 0.481 e. The number of pyridine rings is 1. The first-order chi connectivity index (χ1) is 8.65. The fourth-order valence-electron chi connectivity index (χ4n) is 1.52. The van der Waals surface area contributed by atoms with Crippen molar-refractivity contribution < 1.29 is 4.74 Å². The van der Waals surface area contributed by atoms with Crippen molar-refractivity contribution in [1.29, 1.82) is 0 Å². The van der Waals surface area contributed by atoms with Crippen molar-refractivity contribution in [2.45, 2.75) is 13.3 Å². The quantitative estimate of drug-likeness (QED) is 0.854. The van der Waals surface area contributed by atoms with E-state index in [9.17, 15) is 4.79 Å². The minimum Gasteiger partial charge on any atom is -0.481 e. The summed E-state index contributed by atoms with van der Waals surface area (Å²) in [6, 6.07) is 5.34. The average Bonchev–Trinajstić information content (AvgIpc) is 2.41. The summed E-state index contributed by atoms with van der Waals surface area (Å²) in [6.45, 7) is 1.97. The van der Waals surface area contributed by atoms with Crippen LogP contribution in [0, 0.1) is 3.57 Å². The van der Waals surface area contributed by atoms with Crippen LogP contribution in [0.15, 0.2) is 23.0 Å². The van der Waals surface area contributed by atoms with E-state index in [-0.39, 0.29) is 5.56 Å². The van der Waals surface area contributed by atoms with Crippen molar-refractivity contribution in [2.75, 3.05) is 7.11 Å². The molecule has 0 radical (unpaired) electrons. The van der Waals surface area contributed by atoms with Crippen LogP contribution in [0.4, 0.5) is 0 Å². The molecule has 2 aromatic heterocycles. The topological polar surface area (TPSA) is 67.9 Å². The molecule has 0 saturated heterocycles. The van der Waals surface area contributed by atoms with Gasteiger partial charge in [-0.15, -0.1) is 0 Å². The van der Waals surface area contributed by atoms with Crippen molar-refractivity contribution in [1.82, 2.24) is 15.0 Å². The first-order valence-corrected chi connectivity index (χ1v) is 6.53. The van der Waals surface area contributed by atoms with Gasteiger partial charge in [0.05, 0.1) is 16.4 Å². The normalized spacial score (nSPS) is 10.4. The molecular formula is C12H12IN3O2. The van der Waals surface area contributed by atoms with Crippen LogP contribution in [-0.4, -0.2) is 22.1 Å². The maximum Gasteiger partial charge on any atom is 0.264 e. The molecular weight excluding hydrogens is 345 g/mol. The number of aryl methyl sites for hydroxylation is 1. The maximum atomic E-state index is 11.8. The van der Waals surface area contributed by atoms with E-state index in [1.807, 2.05) is 35.6 Å². The minimum atomic E-state index is -0.137. The molecule has 18 heavy (non-hydrogen) atoms. The minimum absolute atomic E-state index is 0.137. The Balaban J connectivity index is 2.57. The van der Waals surface area contributed by atoms with Gasteiger partial charge in [0.1, 0.15) is 5.69 Å². The molecule has 0 unspecified atom stereocenters. The van der Waals surface area contributed by atoms with Gasteiger partial charge in [0.25, 0.3) is 5.56 Å². The van der Waals surface area contributed by atoms with E-state index in [2.05, 4.69) is 15.0 Å². The number of hydrogen-bond acceptors (Lipinski definition) is 4. The highest BCUT2D eigenvalue weighted by Crippen LogP contribution is 2.16. The Hall–Kier alpha value is -1.44. The number of aromatic amines is 1. The Morgan fingerprint density at radius 1 is 1.39 bits per heavy atom. The van der Waals surface area contributed by atoms with Gasteiger partial charge in [0.15, 0.2) is 5.82 Å². The molecule has 0 fully saturated rings. The van der Waals surface area contributed by atoms with Gasteiger partial charge in [0, 0.05) is 6.07 Å². The van der Waals surface area contributed by atoms with Crippen LogP contribution < -0.4 is 10.3 Å². The van der Waals surface area contributed by atoms with E-state index < -0.39 is 0 Å². The molecule has 94 valence electrons. The fraction of sp³-hybridized carbons (Fsp3) is 0.250. The van der Waals surface area contributed by atoms with E-state index in [0.29, 0.717) is 27.4 Å². The lowest BCUT2D eigenvalue weighted by molar-refractivity contribution is 0.398. The lowest BCUT2D eigenvalue weighted by Crippen LogP contribution is -2.16. The molecule has 0 spiro atoms. The molecule has 5 nitrogen and oxygen atoms in total. The van der Waals surface area contributed by atoms with Gasteiger partial charge in [0.2, 0.25) is 5.88 Å². The summed E-state index contributed by atoms with van der Waals surface area (Å²) < 4.78 is 5.68. The zero-order chi connectivity index (χ0) is 13.1. The molecule has 0 bridgehead atoms. The Labute approximate surface area is 118 Å². The van der Waals surface area contributed by atoms with Crippen molar-refractivity contribution >= 4 is 22.6 Å². The lowest BCUT2D eigenvalue weighted by Gasteiger charge is -2.05. The molecule has 0 atom stereocenters. The number of nitrogens with one attached hydrogen (secondary N) is 1. The van der Waals surface area contributed by atoms with Gasteiger partial charge in [-0.05, 0) is 35.1 Å². The van der Waals surface area contributed by atoms with Crippen LogP contribution in [-0.2, 0) is 6.42 Å². The second-order valence-electron chi connectivity index (χ2n) is 3.59. The summed E-state index contributed by atoms with van der Waals surface area (Å²) in [5.41, 5.74) is 1.23. The van der Waals surface area contributed by atoms with E-state index in [4.69, 9.17) is 4.74 Å². The van der Waals surface area contributed by atoms with E-state index in [0.717, 1.165) is 5.69 Å². The lowest BCUT2D eigenvalue weighted by atomic mass is 10.3. The van der Waals surface area contributed by atoms with Crippen LogP contribution in [0.3, 0.4) is 0 Å². The number of H-pyrrole nitrogens is 1. The van der Waals surface area contributed by atoms with Gasteiger partial charge in [-0.3, -0.25) is 4.79 Å². The smallest absolute Gasteiger partial charge is 0.264 e.